The summed E-state index contributed by atoms with van der Waals surface area (Å²) in [5.41, 5.74) is 6.21. The first-order valence-corrected chi connectivity index (χ1v) is 20.4. The van der Waals surface area contributed by atoms with Crippen molar-refractivity contribution in [3.63, 3.8) is 0 Å². The van der Waals surface area contributed by atoms with Crippen molar-refractivity contribution >= 4 is 45.0 Å². The van der Waals surface area contributed by atoms with Crippen LogP contribution in [0.4, 0.5) is 10.5 Å². The van der Waals surface area contributed by atoms with Gasteiger partial charge in [0.2, 0.25) is 11.8 Å². The van der Waals surface area contributed by atoms with Gasteiger partial charge in [-0.3, -0.25) is 9.59 Å². The lowest BCUT2D eigenvalue weighted by Crippen LogP contribution is -2.76. The Bertz CT molecular complexity index is 2330. The molecule has 2 fully saturated rings. The molecule has 0 saturated carbocycles. The maximum absolute atomic E-state index is 14.8. The van der Waals surface area contributed by atoms with Crippen molar-refractivity contribution in [2.45, 2.75) is 44.8 Å². The van der Waals surface area contributed by atoms with Gasteiger partial charge in [0.1, 0.15) is 18.0 Å². The van der Waals surface area contributed by atoms with E-state index in [0.29, 0.717) is 13.1 Å². The van der Waals surface area contributed by atoms with Gasteiger partial charge >= 0.3 is 6.03 Å². The first kappa shape index (κ1) is 38.4. The Morgan fingerprint density at radius 2 is 1.47 bits per heavy atom. The fraction of sp³-hybridized carbons (Fsp3) is 0.213. The fourth-order valence-corrected chi connectivity index (χ4v) is 8.93. The number of phenolic OH excluding ortho intramolecular Hbond substituents is 1. The lowest BCUT2D eigenvalue weighted by atomic mass is 9.98. The van der Waals surface area contributed by atoms with E-state index in [0.717, 1.165) is 45.6 Å². The molecule has 11 heteroatoms. The topological polar surface area (TPSA) is 99.7 Å². The van der Waals surface area contributed by atoms with Crippen LogP contribution in [0.3, 0.4) is 0 Å². The van der Waals surface area contributed by atoms with Crippen molar-refractivity contribution in [3.05, 3.63) is 179 Å². The van der Waals surface area contributed by atoms with Crippen molar-refractivity contribution in [2.75, 3.05) is 24.5 Å². The Kier molecular flexibility index (Phi) is 11.5. The average Bonchev–Trinajstić information content (AvgIpc) is 3.65. The maximum atomic E-state index is 14.8. The number of fused-ring (bicyclic) bond motifs is 2. The zero-order valence-corrected chi connectivity index (χ0v) is 33.0. The van der Waals surface area contributed by atoms with E-state index < -0.39 is 12.2 Å². The van der Waals surface area contributed by atoms with Gasteiger partial charge in [0, 0.05) is 49.5 Å². The van der Waals surface area contributed by atoms with Crippen LogP contribution in [0.25, 0.3) is 10.1 Å². The average molecular weight is 791 g/mol. The van der Waals surface area contributed by atoms with Crippen LogP contribution in [0.15, 0.2) is 151 Å². The highest BCUT2D eigenvalue weighted by Crippen LogP contribution is 2.35. The number of rotatable bonds is 13. The molecule has 58 heavy (non-hydrogen) atoms. The zero-order valence-electron chi connectivity index (χ0n) is 32.2. The predicted octanol–water partition coefficient (Wildman–Crippen LogP) is 7.55. The molecule has 2 atom stereocenters. The van der Waals surface area contributed by atoms with E-state index in [9.17, 15) is 19.5 Å². The molecule has 0 aliphatic carbocycles. The largest absolute Gasteiger partial charge is 0.508 e. The van der Waals surface area contributed by atoms with Crippen LogP contribution >= 0.6 is 11.3 Å². The first-order valence-electron chi connectivity index (χ1n) is 19.5. The Morgan fingerprint density at radius 1 is 0.828 bits per heavy atom. The van der Waals surface area contributed by atoms with E-state index >= 15 is 0 Å². The van der Waals surface area contributed by atoms with E-state index in [2.05, 4.69) is 88.9 Å². The lowest BCUT2D eigenvalue weighted by molar-refractivity contribution is -0.189. The van der Waals surface area contributed by atoms with Gasteiger partial charge in [-0.25, -0.2) is 14.8 Å². The highest BCUT2D eigenvalue weighted by molar-refractivity contribution is 7.17. The number of phenols is 1. The number of nitrogens with zero attached hydrogens (tertiary/aromatic N) is 5. The molecule has 4 amide bonds. The lowest BCUT2D eigenvalue weighted by Gasteiger charge is -2.55. The molecule has 2 aliphatic heterocycles. The van der Waals surface area contributed by atoms with Crippen molar-refractivity contribution in [3.8, 4) is 5.75 Å². The number of carbonyl (C=O) groups excluding carboxylic acids is 3. The highest BCUT2D eigenvalue weighted by atomic mass is 32.1. The Labute approximate surface area is 342 Å². The number of thiophene rings is 1. The van der Waals surface area contributed by atoms with Gasteiger partial charge in [-0.1, -0.05) is 109 Å². The van der Waals surface area contributed by atoms with Crippen LogP contribution in [0.5, 0.6) is 5.75 Å². The summed E-state index contributed by atoms with van der Waals surface area (Å²) in [6.07, 6.45) is 1.12. The summed E-state index contributed by atoms with van der Waals surface area (Å²) in [5, 5.41) is 19.6. The van der Waals surface area contributed by atoms with E-state index in [4.69, 9.17) is 0 Å². The molecule has 6 aromatic rings. The second-order valence-electron chi connectivity index (χ2n) is 14.8. The van der Waals surface area contributed by atoms with Crippen LogP contribution in [0.2, 0.25) is 0 Å². The van der Waals surface area contributed by atoms with Crippen molar-refractivity contribution in [1.82, 2.24) is 25.1 Å². The van der Waals surface area contributed by atoms with Crippen molar-refractivity contribution in [1.29, 1.82) is 0 Å². The normalized spacial score (nSPS) is 17.0. The Hall–Kier alpha value is -6.43. The summed E-state index contributed by atoms with van der Waals surface area (Å²) in [6, 6.07) is 42.5. The number of amides is 4. The Morgan fingerprint density at radius 3 is 2.10 bits per heavy atom. The molecule has 0 unspecified atom stereocenters. The van der Waals surface area contributed by atoms with E-state index in [1.165, 1.54) is 11.1 Å². The first-order chi connectivity index (χ1) is 28.3. The standard InChI is InChI=1S/C47H46N6O4S/c1-2-24-51-32-45(55)52-42(25-34-18-21-40(54)22-19-34)46(56)50(31-44(52)53(51)47(57)48-27-35-12-6-3-7-13-35)30-38-33-58-43-23-20-39(26-41(38)43)49(28-36-14-8-4-9-15-36)29-37-16-10-5-11-17-37/h2-23,26,33,42,44,54H,1,24-25,27-32H2,(H,48,57)/t42-,44-/m0/s1. The smallest absolute Gasteiger partial charge is 0.334 e. The summed E-state index contributed by atoms with van der Waals surface area (Å²) in [7, 11) is 0. The van der Waals surface area contributed by atoms with E-state index in [1.807, 2.05) is 42.5 Å². The minimum Gasteiger partial charge on any atom is -0.508 e. The minimum absolute atomic E-state index is 0.0823. The quantitative estimate of drug-likeness (QED) is 0.117. The maximum Gasteiger partial charge on any atom is 0.334 e. The molecule has 2 N–H and O–H groups in total. The molecule has 8 rings (SSSR count). The van der Waals surface area contributed by atoms with Crippen LogP contribution in [-0.4, -0.2) is 74.6 Å². The molecule has 10 nitrogen and oxygen atoms in total. The van der Waals surface area contributed by atoms with Gasteiger partial charge in [0.15, 0.2) is 0 Å². The van der Waals surface area contributed by atoms with Crippen LogP contribution in [0, 0.1) is 0 Å². The number of urea groups is 1. The molecule has 2 aliphatic rings. The number of hydrogen-bond acceptors (Lipinski definition) is 7. The molecule has 5 aromatic carbocycles. The monoisotopic (exact) mass is 790 g/mol. The summed E-state index contributed by atoms with van der Waals surface area (Å²) >= 11 is 1.64. The van der Waals surface area contributed by atoms with Gasteiger partial charge in [-0.05, 0) is 68.9 Å². The molecule has 294 valence electrons. The number of nitrogens with one attached hydrogen (secondary N) is 1. The Balaban J connectivity index is 1.13. The number of piperazine rings is 1. The summed E-state index contributed by atoms with van der Waals surface area (Å²) in [4.78, 5) is 48.9. The molecule has 3 heterocycles. The highest BCUT2D eigenvalue weighted by Gasteiger charge is 2.51. The van der Waals surface area contributed by atoms with E-state index in [-0.39, 0.29) is 49.7 Å². The van der Waals surface area contributed by atoms with Gasteiger partial charge in [-0.15, -0.1) is 17.9 Å². The van der Waals surface area contributed by atoms with Crippen LogP contribution in [-0.2, 0) is 42.2 Å². The third-order valence-electron chi connectivity index (χ3n) is 10.8. The number of benzene rings is 5. The molecule has 0 bridgehead atoms. The van der Waals surface area contributed by atoms with Gasteiger partial charge in [0.25, 0.3) is 0 Å². The SMILES string of the molecule is C=CCN1CC(=O)N2[C@@H](Cc3ccc(O)cc3)C(=O)N(Cc3csc4ccc(N(Cc5ccccc5)Cc5ccccc5)cc34)C[C@@H]2N1C(=O)NCc1ccccc1. The van der Waals surface area contributed by atoms with E-state index in [1.54, 1.807) is 61.5 Å². The van der Waals surface area contributed by atoms with Gasteiger partial charge in [0.05, 0.1) is 13.1 Å². The third kappa shape index (κ3) is 8.46. The third-order valence-corrected chi connectivity index (χ3v) is 11.8. The molecule has 0 radical (unpaired) electrons. The number of aromatic hydroxyl groups is 1. The molecule has 1 aromatic heterocycles. The summed E-state index contributed by atoms with van der Waals surface area (Å²) in [5.74, 6) is -0.313. The molecular weight excluding hydrogens is 745 g/mol. The second-order valence-corrected chi connectivity index (χ2v) is 15.7. The van der Waals surface area contributed by atoms with Crippen LogP contribution in [0.1, 0.15) is 27.8 Å². The fourth-order valence-electron chi connectivity index (χ4n) is 7.99. The molecule has 0 spiro atoms. The minimum atomic E-state index is -0.876. The number of carbonyl (C=O) groups is 3. The second kappa shape index (κ2) is 17.4. The van der Waals surface area contributed by atoms with Crippen molar-refractivity contribution < 1.29 is 19.5 Å². The summed E-state index contributed by atoms with van der Waals surface area (Å²) < 4.78 is 1.11. The number of hydrogen-bond donors (Lipinski definition) is 2. The predicted molar refractivity (Wildman–Crippen MR) is 229 cm³/mol. The van der Waals surface area contributed by atoms with Crippen molar-refractivity contribution in [2.24, 2.45) is 0 Å². The van der Waals surface area contributed by atoms with Gasteiger partial charge < -0.3 is 25.1 Å². The molecular formula is C47H46N6O4S. The van der Waals surface area contributed by atoms with Crippen LogP contribution < -0.4 is 10.2 Å². The summed E-state index contributed by atoms with van der Waals surface area (Å²) in [6.45, 7) is 6.25. The number of hydrazine groups is 1. The van der Waals surface area contributed by atoms with Gasteiger partial charge in [-0.2, -0.15) is 0 Å². The number of anilines is 1. The zero-order chi connectivity index (χ0) is 40.0. The molecule has 2 saturated heterocycles.